The first kappa shape index (κ1) is 18.3. The molecule has 0 aliphatic heterocycles. The number of hydrogen-bond acceptors (Lipinski definition) is 8. The number of rotatable bonds is 6. The summed E-state index contributed by atoms with van der Waals surface area (Å²) in [7, 11) is -3.70. The van der Waals surface area contributed by atoms with Gasteiger partial charge in [0.2, 0.25) is 16.0 Å². The zero-order valence-corrected chi connectivity index (χ0v) is 14.6. The van der Waals surface area contributed by atoms with Crippen molar-refractivity contribution < 1.29 is 26.0 Å². The molecule has 0 spiro atoms. The molecule has 0 aromatic carbocycles. The number of halogens is 3. The van der Waals surface area contributed by atoms with Gasteiger partial charge in [-0.25, -0.2) is 18.4 Å². The van der Waals surface area contributed by atoms with Crippen LogP contribution in [0.25, 0.3) is 10.8 Å². The molecule has 3 rings (SSSR count). The van der Waals surface area contributed by atoms with Crippen molar-refractivity contribution in [3.63, 3.8) is 0 Å². The average Bonchev–Trinajstić information content (AvgIpc) is 3.22. The van der Waals surface area contributed by atoms with Crippen LogP contribution in [-0.2, 0) is 16.6 Å². The van der Waals surface area contributed by atoms with Crippen molar-refractivity contribution in [3.05, 3.63) is 41.4 Å². The number of pyridine rings is 1. The molecule has 0 saturated heterocycles. The van der Waals surface area contributed by atoms with E-state index in [4.69, 9.17) is 4.42 Å². The first-order valence-corrected chi connectivity index (χ1v) is 9.56. The van der Waals surface area contributed by atoms with Gasteiger partial charge in [-0.1, -0.05) is 0 Å². The first-order valence-electron chi connectivity index (χ1n) is 6.90. The molecule has 26 heavy (non-hydrogen) atoms. The third kappa shape index (κ3) is 3.99. The summed E-state index contributed by atoms with van der Waals surface area (Å²) < 4.78 is 67.9. The van der Waals surface area contributed by atoms with Crippen molar-refractivity contribution in [1.29, 1.82) is 0 Å². The fraction of sp³-hybridized carbons (Fsp3) is 0.231. The zero-order chi connectivity index (χ0) is 18.9. The second kappa shape index (κ2) is 6.99. The highest BCUT2D eigenvalue weighted by Crippen LogP contribution is 2.29. The van der Waals surface area contributed by atoms with Crippen LogP contribution in [0.1, 0.15) is 17.3 Å². The summed E-state index contributed by atoms with van der Waals surface area (Å²) in [4.78, 5) is 7.79. The Morgan fingerprint density at radius 3 is 2.58 bits per heavy atom. The van der Waals surface area contributed by atoms with Gasteiger partial charge in [-0.3, -0.25) is 4.31 Å². The Balaban J connectivity index is 1.86. The Kier molecular flexibility index (Phi) is 4.91. The summed E-state index contributed by atoms with van der Waals surface area (Å²) >= 11 is 1.00. The first-order chi connectivity index (χ1) is 12.2. The van der Waals surface area contributed by atoms with E-state index in [-0.39, 0.29) is 18.1 Å². The normalized spacial score (nSPS) is 11.9. The quantitative estimate of drug-likeness (QED) is 0.581. The molecule has 3 heterocycles. The van der Waals surface area contributed by atoms with Crippen LogP contribution in [0.3, 0.4) is 0 Å². The molecule has 0 bridgehead atoms. The average molecular weight is 405 g/mol. The molecular formula is C13H10F3N5O3S2. The molecule has 0 radical (unpaired) electrons. The minimum Gasteiger partial charge on any atom is -0.414 e. The maximum Gasteiger partial charge on any atom is 0.314 e. The van der Waals surface area contributed by atoms with E-state index in [0.717, 1.165) is 34.2 Å². The summed E-state index contributed by atoms with van der Waals surface area (Å²) in [5, 5.41) is 7.07. The third-order valence-electron chi connectivity index (χ3n) is 3.07. The van der Waals surface area contributed by atoms with Crippen molar-refractivity contribution >= 4 is 27.0 Å². The van der Waals surface area contributed by atoms with Gasteiger partial charge in [0.05, 0.1) is 30.9 Å². The summed E-state index contributed by atoms with van der Waals surface area (Å²) in [6.45, 7) is -0.160. The highest BCUT2D eigenvalue weighted by molar-refractivity contribution is 7.92. The van der Waals surface area contributed by atoms with E-state index in [1.165, 1.54) is 12.3 Å². The number of anilines is 1. The number of aromatic nitrogens is 4. The van der Waals surface area contributed by atoms with Gasteiger partial charge in [-0.2, -0.15) is 13.2 Å². The van der Waals surface area contributed by atoms with Gasteiger partial charge in [0.15, 0.2) is 0 Å². The fourth-order valence-corrected chi connectivity index (χ4v) is 3.70. The Hall–Kier alpha value is -2.54. The third-order valence-corrected chi connectivity index (χ3v) is 5.18. The van der Waals surface area contributed by atoms with E-state index >= 15 is 0 Å². The van der Waals surface area contributed by atoms with E-state index in [0.29, 0.717) is 9.88 Å². The van der Waals surface area contributed by atoms with Gasteiger partial charge in [-0.05, 0) is 12.1 Å². The summed E-state index contributed by atoms with van der Waals surface area (Å²) in [5.41, 5.74) is 0.156. The lowest BCUT2D eigenvalue weighted by atomic mass is 10.4. The maximum absolute atomic E-state index is 13.0. The van der Waals surface area contributed by atoms with E-state index in [2.05, 4.69) is 20.2 Å². The lowest BCUT2D eigenvalue weighted by molar-refractivity contribution is 0.116. The van der Waals surface area contributed by atoms with Gasteiger partial charge < -0.3 is 4.42 Å². The maximum atomic E-state index is 13.0. The highest BCUT2D eigenvalue weighted by atomic mass is 32.2. The molecule has 0 fully saturated rings. The highest BCUT2D eigenvalue weighted by Gasteiger charge is 2.22. The van der Waals surface area contributed by atoms with E-state index in [1.54, 1.807) is 0 Å². The van der Waals surface area contributed by atoms with Crippen LogP contribution in [0.5, 0.6) is 0 Å². The van der Waals surface area contributed by atoms with Crippen LogP contribution in [0.15, 0.2) is 28.9 Å². The standard InChI is InChI=1S/C13H10F3N5O3S2/c1-26(22,23)21(7-2-3-9(14)17-4-7)6-10-18-5-8(25-10)12-19-20-13(24-12)11(15)16/h2-5,11H,6H2,1H3. The van der Waals surface area contributed by atoms with Gasteiger partial charge >= 0.3 is 6.43 Å². The van der Waals surface area contributed by atoms with Crippen molar-refractivity contribution in [3.8, 4) is 10.8 Å². The Morgan fingerprint density at radius 1 is 1.23 bits per heavy atom. The number of sulfonamides is 1. The minimum atomic E-state index is -3.70. The van der Waals surface area contributed by atoms with Crippen LogP contribution in [-0.4, -0.2) is 34.8 Å². The van der Waals surface area contributed by atoms with Crippen LogP contribution in [0, 0.1) is 5.95 Å². The molecule has 138 valence electrons. The zero-order valence-electron chi connectivity index (χ0n) is 13.0. The SMILES string of the molecule is CS(=O)(=O)N(Cc1ncc(-c2nnc(C(F)F)o2)s1)c1ccc(F)nc1. The summed E-state index contributed by atoms with van der Waals surface area (Å²) in [5.74, 6) is -1.70. The largest absolute Gasteiger partial charge is 0.414 e. The van der Waals surface area contributed by atoms with E-state index in [1.807, 2.05) is 0 Å². The summed E-state index contributed by atoms with van der Waals surface area (Å²) in [6.07, 6.45) is 0.484. The monoisotopic (exact) mass is 405 g/mol. The molecule has 0 N–H and O–H groups in total. The molecule has 3 aromatic heterocycles. The molecule has 0 saturated carbocycles. The summed E-state index contributed by atoms with van der Waals surface area (Å²) in [6, 6.07) is 2.30. The van der Waals surface area contributed by atoms with Gasteiger partial charge in [0, 0.05) is 0 Å². The minimum absolute atomic E-state index is 0.140. The van der Waals surface area contributed by atoms with Crippen molar-refractivity contribution in [2.75, 3.05) is 10.6 Å². The predicted molar refractivity (Wildman–Crippen MR) is 85.6 cm³/mol. The van der Waals surface area contributed by atoms with E-state index in [9.17, 15) is 21.6 Å². The molecule has 13 heteroatoms. The predicted octanol–water partition coefficient (Wildman–Crippen LogP) is 2.63. The van der Waals surface area contributed by atoms with Crippen LogP contribution < -0.4 is 4.31 Å². The van der Waals surface area contributed by atoms with Gasteiger partial charge in [0.1, 0.15) is 9.88 Å². The molecule has 0 atom stereocenters. The van der Waals surface area contributed by atoms with Crippen LogP contribution in [0.2, 0.25) is 0 Å². The smallest absolute Gasteiger partial charge is 0.314 e. The second-order valence-corrected chi connectivity index (χ2v) is 8.00. The van der Waals surface area contributed by atoms with Crippen LogP contribution in [0.4, 0.5) is 18.9 Å². The topological polar surface area (TPSA) is 102 Å². The molecular weight excluding hydrogens is 395 g/mol. The number of thiazole rings is 1. The van der Waals surface area contributed by atoms with Crippen molar-refractivity contribution in [2.24, 2.45) is 0 Å². The second-order valence-electron chi connectivity index (χ2n) is 4.97. The molecule has 3 aromatic rings. The molecule has 0 aliphatic carbocycles. The fourth-order valence-electron chi connectivity index (χ4n) is 1.94. The lowest BCUT2D eigenvalue weighted by Gasteiger charge is -2.20. The Bertz CT molecular complexity index is 1000. The lowest BCUT2D eigenvalue weighted by Crippen LogP contribution is -2.29. The molecule has 0 aliphatic rings. The molecule has 0 amide bonds. The molecule has 0 unspecified atom stereocenters. The van der Waals surface area contributed by atoms with Crippen LogP contribution >= 0.6 is 11.3 Å². The number of nitrogens with zero attached hydrogens (tertiary/aromatic N) is 5. The molecule has 8 nitrogen and oxygen atoms in total. The van der Waals surface area contributed by atoms with Crippen molar-refractivity contribution in [2.45, 2.75) is 13.0 Å². The van der Waals surface area contributed by atoms with E-state index < -0.39 is 28.3 Å². The van der Waals surface area contributed by atoms with Gasteiger partial charge in [-0.15, -0.1) is 21.5 Å². The number of hydrogen-bond donors (Lipinski definition) is 0. The van der Waals surface area contributed by atoms with Gasteiger partial charge in [0.25, 0.3) is 11.8 Å². The Labute approximate surface area is 149 Å². The Morgan fingerprint density at radius 2 is 2.00 bits per heavy atom. The number of alkyl halides is 2. The van der Waals surface area contributed by atoms with Crippen molar-refractivity contribution in [1.82, 2.24) is 20.2 Å².